The smallest absolute Gasteiger partial charge is 0.241 e. The lowest BCUT2D eigenvalue weighted by Gasteiger charge is -2.39. The molecule has 3 aromatic rings. The van der Waals surface area contributed by atoms with Gasteiger partial charge in [-0.25, -0.2) is 4.39 Å². The molecular weight excluding hydrogens is 421 g/mol. The Hall–Kier alpha value is -3.00. The van der Waals surface area contributed by atoms with Gasteiger partial charge in [-0.3, -0.25) is 9.78 Å². The lowest BCUT2D eigenvalue weighted by molar-refractivity contribution is -0.140. The molecule has 2 heterocycles. The third-order valence-corrected chi connectivity index (χ3v) is 5.50. The highest BCUT2D eigenvalue weighted by molar-refractivity contribution is 6.30. The van der Waals surface area contributed by atoms with Gasteiger partial charge in [-0.15, -0.1) is 0 Å². The zero-order chi connectivity index (χ0) is 22.0. The van der Waals surface area contributed by atoms with Crippen LogP contribution in [-0.4, -0.2) is 29.2 Å². The van der Waals surface area contributed by atoms with Crippen LogP contribution in [0.2, 0.25) is 5.02 Å². The number of aliphatic hydroxyl groups excluding tert-OH is 1. The Bertz CT molecular complexity index is 1100. The van der Waals surface area contributed by atoms with E-state index < -0.39 is 11.6 Å². The number of ether oxygens (including phenoxy) is 1. The van der Waals surface area contributed by atoms with Gasteiger partial charge in [0.25, 0.3) is 0 Å². The molecule has 0 aliphatic carbocycles. The third kappa shape index (κ3) is 4.39. The predicted molar refractivity (Wildman–Crippen MR) is 117 cm³/mol. The Balaban J connectivity index is 1.53. The fraction of sp³-hybridized carbons (Fsp3) is 0.217. The molecular formula is C23H21ClFN3O3. The molecule has 1 unspecified atom stereocenters. The van der Waals surface area contributed by atoms with Gasteiger partial charge in [-0.1, -0.05) is 23.7 Å². The van der Waals surface area contributed by atoms with Crippen LogP contribution in [0.3, 0.4) is 0 Å². The first-order valence-corrected chi connectivity index (χ1v) is 10.1. The van der Waals surface area contributed by atoms with Crippen LogP contribution in [0.5, 0.6) is 0 Å². The summed E-state index contributed by atoms with van der Waals surface area (Å²) < 4.78 is 18.5. The monoisotopic (exact) mass is 441 g/mol. The molecule has 4 rings (SSSR count). The van der Waals surface area contributed by atoms with Crippen LogP contribution in [0.4, 0.5) is 15.8 Å². The number of benzene rings is 2. The molecule has 1 aliphatic heterocycles. The maximum absolute atomic E-state index is 13.1. The van der Waals surface area contributed by atoms with Gasteiger partial charge >= 0.3 is 0 Å². The van der Waals surface area contributed by atoms with E-state index in [-0.39, 0.29) is 24.9 Å². The van der Waals surface area contributed by atoms with Gasteiger partial charge in [0.1, 0.15) is 11.2 Å². The van der Waals surface area contributed by atoms with E-state index in [2.05, 4.69) is 15.6 Å². The van der Waals surface area contributed by atoms with Crippen molar-refractivity contribution in [2.45, 2.75) is 18.6 Å². The van der Waals surface area contributed by atoms with Crippen molar-refractivity contribution in [2.75, 3.05) is 23.8 Å². The van der Waals surface area contributed by atoms with Gasteiger partial charge in [0.05, 0.1) is 30.3 Å². The van der Waals surface area contributed by atoms with Crippen LogP contribution in [0, 0.1) is 12.7 Å². The summed E-state index contributed by atoms with van der Waals surface area (Å²) in [5.41, 5.74) is 2.02. The van der Waals surface area contributed by atoms with E-state index in [0.717, 1.165) is 0 Å². The number of rotatable bonds is 6. The first-order valence-electron chi connectivity index (χ1n) is 9.70. The highest BCUT2D eigenvalue weighted by atomic mass is 35.5. The molecule has 31 heavy (non-hydrogen) atoms. The minimum absolute atomic E-state index is 0.199. The number of hydrogen-bond donors (Lipinski definition) is 3. The second-order valence-electron chi connectivity index (χ2n) is 7.47. The summed E-state index contributed by atoms with van der Waals surface area (Å²) in [7, 11) is 0. The number of hydrogen-bond acceptors (Lipinski definition) is 5. The number of anilines is 2. The summed E-state index contributed by atoms with van der Waals surface area (Å²) in [5, 5.41) is 16.8. The fourth-order valence-corrected chi connectivity index (χ4v) is 3.57. The Morgan fingerprint density at radius 2 is 1.94 bits per heavy atom. The van der Waals surface area contributed by atoms with E-state index in [4.69, 9.17) is 16.3 Å². The van der Waals surface area contributed by atoms with Crippen LogP contribution < -0.4 is 10.6 Å². The lowest BCUT2D eigenvalue weighted by Crippen LogP contribution is -2.56. The van der Waals surface area contributed by atoms with Gasteiger partial charge < -0.3 is 20.5 Å². The molecule has 1 saturated heterocycles. The molecule has 0 spiro atoms. The van der Waals surface area contributed by atoms with Crippen molar-refractivity contribution in [2.24, 2.45) is 0 Å². The average molecular weight is 442 g/mol. The van der Waals surface area contributed by atoms with E-state index >= 15 is 0 Å². The first-order chi connectivity index (χ1) is 14.9. The average Bonchev–Trinajstić information content (AvgIpc) is 2.71. The second-order valence-corrected chi connectivity index (χ2v) is 7.90. The quantitative estimate of drug-likeness (QED) is 0.499. The molecule has 2 aromatic carbocycles. The number of nitrogens with one attached hydrogen (secondary N) is 2. The standard InChI is InChI=1S/C23H21ClFN3O3/c1-14-19(28-21(29)15-3-2-4-16(24)11-15)9-10-20(26-14)23(12-31-13-23)22(30)27-18-7-5-17(25)6-8-18/h2-11,21,28-29H,12-13H2,1H3,(H,27,30). The van der Waals surface area contributed by atoms with E-state index in [1.807, 2.05) is 0 Å². The molecule has 1 amide bonds. The highest BCUT2D eigenvalue weighted by Gasteiger charge is 2.49. The van der Waals surface area contributed by atoms with E-state index in [1.165, 1.54) is 24.3 Å². The van der Waals surface area contributed by atoms with Gasteiger partial charge in [-0.2, -0.15) is 0 Å². The van der Waals surface area contributed by atoms with Gasteiger partial charge in [-0.05, 0) is 55.5 Å². The molecule has 0 radical (unpaired) electrons. The SMILES string of the molecule is Cc1nc(C2(C(=O)Nc3ccc(F)cc3)COC2)ccc1NC(O)c1cccc(Cl)c1. The summed E-state index contributed by atoms with van der Waals surface area (Å²) in [4.78, 5) is 17.6. The number of aryl methyl sites for hydroxylation is 1. The number of aromatic nitrogens is 1. The maximum Gasteiger partial charge on any atom is 0.241 e. The summed E-state index contributed by atoms with van der Waals surface area (Å²) in [5.74, 6) is -0.642. The number of nitrogens with zero attached hydrogens (tertiary/aromatic N) is 1. The molecule has 160 valence electrons. The van der Waals surface area contributed by atoms with Crippen molar-refractivity contribution in [3.05, 3.63) is 88.5 Å². The summed E-state index contributed by atoms with van der Waals surface area (Å²) in [6, 6.07) is 16.0. The highest BCUT2D eigenvalue weighted by Crippen LogP contribution is 2.34. The van der Waals surface area contributed by atoms with Gasteiger partial charge in [0, 0.05) is 16.3 Å². The Labute approximate surface area is 184 Å². The molecule has 8 heteroatoms. The van der Waals surface area contributed by atoms with Gasteiger partial charge in [0.2, 0.25) is 5.91 Å². The molecule has 1 aromatic heterocycles. The van der Waals surface area contributed by atoms with E-state index in [1.54, 1.807) is 43.3 Å². The van der Waals surface area contributed by atoms with Gasteiger partial charge in [0.15, 0.2) is 6.23 Å². The molecule has 1 fully saturated rings. The normalized spacial score (nSPS) is 15.6. The zero-order valence-corrected chi connectivity index (χ0v) is 17.5. The van der Waals surface area contributed by atoms with Crippen molar-refractivity contribution in [3.8, 4) is 0 Å². The number of pyridine rings is 1. The van der Waals surface area contributed by atoms with Crippen molar-refractivity contribution in [1.29, 1.82) is 0 Å². The minimum Gasteiger partial charge on any atom is -0.378 e. The lowest BCUT2D eigenvalue weighted by atomic mass is 9.80. The number of aliphatic hydroxyl groups is 1. The zero-order valence-electron chi connectivity index (χ0n) is 16.7. The Kier molecular flexibility index (Phi) is 5.91. The number of carbonyl (C=O) groups excluding carboxylic acids is 1. The summed E-state index contributed by atoms with van der Waals surface area (Å²) >= 11 is 5.99. The molecule has 0 bridgehead atoms. The third-order valence-electron chi connectivity index (χ3n) is 5.27. The summed E-state index contributed by atoms with van der Waals surface area (Å²) in [6.07, 6.45) is -0.965. The van der Waals surface area contributed by atoms with E-state index in [9.17, 15) is 14.3 Å². The molecule has 1 atom stereocenters. The number of carbonyl (C=O) groups is 1. The van der Waals surface area contributed by atoms with Crippen LogP contribution in [-0.2, 0) is 14.9 Å². The number of halogens is 2. The van der Waals surface area contributed by atoms with Crippen molar-refractivity contribution >= 4 is 28.9 Å². The van der Waals surface area contributed by atoms with Crippen LogP contribution >= 0.6 is 11.6 Å². The van der Waals surface area contributed by atoms with Crippen molar-refractivity contribution < 1.29 is 19.0 Å². The van der Waals surface area contributed by atoms with Crippen LogP contribution in [0.1, 0.15) is 23.2 Å². The largest absolute Gasteiger partial charge is 0.378 e. The first kappa shape index (κ1) is 21.2. The summed E-state index contributed by atoms with van der Waals surface area (Å²) in [6.45, 7) is 2.19. The molecule has 0 saturated carbocycles. The van der Waals surface area contributed by atoms with Crippen molar-refractivity contribution in [3.63, 3.8) is 0 Å². The minimum atomic E-state index is -0.965. The maximum atomic E-state index is 13.1. The second kappa shape index (κ2) is 8.63. The fourth-order valence-electron chi connectivity index (χ4n) is 3.37. The Morgan fingerprint density at radius 3 is 2.55 bits per heavy atom. The van der Waals surface area contributed by atoms with Crippen LogP contribution in [0.15, 0.2) is 60.7 Å². The topological polar surface area (TPSA) is 83.5 Å². The number of amides is 1. The predicted octanol–water partition coefficient (Wildman–Crippen LogP) is 4.19. The van der Waals surface area contributed by atoms with E-state index in [0.29, 0.717) is 33.3 Å². The molecule has 1 aliphatic rings. The van der Waals surface area contributed by atoms with Crippen molar-refractivity contribution in [1.82, 2.24) is 4.98 Å². The molecule has 6 nitrogen and oxygen atoms in total. The van der Waals surface area contributed by atoms with Crippen LogP contribution in [0.25, 0.3) is 0 Å². The molecule has 3 N–H and O–H groups in total. The Morgan fingerprint density at radius 1 is 1.19 bits per heavy atom.